The first-order valence-electron chi connectivity index (χ1n) is 5.18. The Kier molecular flexibility index (Phi) is 3.68. The van der Waals surface area contributed by atoms with Gasteiger partial charge in [0.1, 0.15) is 0 Å². The molecule has 0 aliphatic carbocycles. The van der Waals surface area contributed by atoms with Crippen molar-refractivity contribution in [2.45, 2.75) is 38.8 Å². The largest absolute Gasteiger partial charge is 0.354 e. The minimum atomic E-state index is -0.0684. The van der Waals surface area contributed by atoms with Crippen LogP contribution in [0.4, 0.5) is 0 Å². The summed E-state index contributed by atoms with van der Waals surface area (Å²) in [4.78, 5) is 22.3. The normalized spacial score (nSPS) is 21.3. The molecule has 5 heteroatoms. The van der Waals surface area contributed by atoms with E-state index in [1.165, 1.54) is 0 Å². The summed E-state index contributed by atoms with van der Waals surface area (Å²) < 4.78 is 0. The third-order valence-electron chi connectivity index (χ3n) is 2.12. The highest BCUT2D eigenvalue weighted by Crippen LogP contribution is 1.99. The zero-order valence-corrected chi connectivity index (χ0v) is 9.52. The van der Waals surface area contributed by atoms with E-state index >= 15 is 0 Å². The number of hydrogen-bond donors (Lipinski definition) is 3. The highest BCUT2D eigenvalue weighted by molar-refractivity contribution is 5.82. The Morgan fingerprint density at radius 1 is 1.53 bits per heavy atom. The Labute approximate surface area is 90.0 Å². The molecule has 1 atom stereocenters. The van der Waals surface area contributed by atoms with Crippen molar-refractivity contribution in [2.75, 3.05) is 13.1 Å². The first kappa shape index (κ1) is 12.0. The van der Waals surface area contributed by atoms with Gasteiger partial charge in [0, 0.05) is 18.5 Å². The van der Waals surface area contributed by atoms with Crippen LogP contribution >= 0.6 is 0 Å². The van der Waals surface area contributed by atoms with Crippen LogP contribution in [-0.4, -0.2) is 36.5 Å². The topological polar surface area (TPSA) is 70.2 Å². The molecule has 86 valence electrons. The van der Waals surface area contributed by atoms with Crippen molar-refractivity contribution < 1.29 is 9.59 Å². The number of hydrogen-bond acceptors (Lipinski definition) is 3. The fourth-order valence-corrected chi connectivity index (χ4v) is 1.33. The molecule has 1 unspecified atom stereocenters. The molecule has 1 fully saturated rings. The van der Waals surface area contributed by atoms with Gasteiger partial charge in [0.25, 0.3) is 0 Å². The Bertz CT molecular complexity index is 258. The first-order valence-corrected chi connectivity index (χ1v) is 5.18. The molecule has 1 saturated heterocycles. The highest BCUT2D eigenvalue weighted by Gasteiger charge is 2.23. The van der Waals surface area contributed by atoms with Gasteiger partial charge in [-0.05, 0) is 20.8 Å². The summed E-state index contributed by atoms with van der Waals surface area (Å²) in [6, 6.07) is -0.0493. The molecule has 3 N–H and O–H groups in total. The molecule has 0 bridgehead atoms. The van der Waals surface area contributed by atoms with E-state index in [1.807, 2.05) is 20.8 Å². The lowest BCUT2D eigenvalue weighted by molar-refractivity contribution is -0.121. The number of carbonyl (C=O) groups is 2. The van der Waals surface area contributed by atoms with Gasteiger partial charge in [-0.15, -0.1) is 0 Å². The van der Waals surface area contributed by atoms with Gasteiger partial charge in [0.15, 0.2) is 0 Å². The average molecular weight is 213 g/mol. The van der Waals surface area contributed by atoms with Gasteiger partial charge in [-0.3, -0.25) is 9.59 Å². The second-order valence-electron chi connectivity index (χ2n) is 4.88. The van der Waals surface area contributed by atoms with Gasteiger partial charge in [-0.25, -0.2) is 0 Å². The number of nitrogens with one attached hydrogen (secondary N) is 3. The van der Waals surface area contributed by atoms with E-state index in [0.717, 1.165) is 0 Å². The Morgan fingerprint density at radius 3 is 2.67 bits per heavy atom. The van der Waals surface area contributed by atoms with Gasteiger partial charge < -0.3 is 16.0 Å². The standard InChI is InChI=1S/C10H19N3O2/c1-10(2,3)12-6-9(15)13-7-4-8(14)11-5-7/h7,12H,4-6H2,1-3H3,(H,11,14)(H,13,15). The van der Waals surface area contributed by atoms with Gasteiger partial charge >= 0.3 is 0 Å². The summed E-state index contributed by atoms with van der Waals surface area (Å²) in [5.74, 6) is -0.0597. The smallest absolute Gasteiger partial charge is 0.234 e. The number of amides is 2. The molecule has 0 radical (unpaired) electrons. The minimum Gasteiger partial charge on any atom is -0.354 e. The van der Waals surface area contributed by atoms with Gasteiger partial charge in [0.2, 0.25) is 11.8 Å². The molecule has 15 heavy (non-hydrogen) atoms. The van der Waals surface area contributed by atoms with E-state index < -0.39 is 0 Å². The summed E-state index contributed by atoms with van der Waals surface area (Å²) in [6.45, 7) is 6.83. The van der Waals surface area contributed by atoms with Crippen molar-refractivity contribution in [1.29, 1.82) is 0 Å². The van der Waals surface area contributed by atoms with Crippen LogP contribution in [-0.2, 0) is 9.59 Å². The van der Waals surface area contributed by atoms with Crippen LogP contribution in [0.3, 0.4) is 0 Å². The lowest BCUT2D eigenvalue weighted by Gasteiger charge is -2.20. The SMILES string of the molecule is CC(C)(C)NCC(=O)NC1CNC(=O)C1. The summed E-state index contributed by atoms with van der Waals surface area (Å²) >= 11 is 0. The zero-order chi connectivity index (χ0) is 11.5. The van der Waals surface area contributed by atoms with Crippen LogP contribution in [0.1, 0.15) is 27.2 Å². The molecule has 2 amide bonds. The molecular weight excluding hydrogens is 194 g/mol. The third kappa shape index (κ3) is 4.78. The van der Waals surface area contributed by atoms with Crippen LogP contribution in [0.2, 0.25) is 0 Å². The van der Waals surface area contributed by atoms with Crippen molar-refractivity contribution in [3.05, 3.63) is 0 Å². The Morgan fingerprint density at radius 2 is 2.20 bits per heavy atom. The molecule has 0 aromatic carbocycles. The fraction of sp³-hybridized carbons (Fsp3) is 0.800. The van der Waals surface area contributed by atoms with Crippen LogP contribution in [0.25, 0.3) is 0 Å². The highest BCUT2D eigenvalue weighted by atomic mass is 16.2. The summed E-state index contributed by atoms with van der Waals surface area (Å²) in [7, 11) is 0. The predicted octanol–water partition coefficient (Wildman–Crippen LogP) is -0.621. The lowest BCUT2D eigenvalue weighted by atomic mass is 10.1. The Balaban J connectivity index is 2.22. The van der Waals surface area contributed by atoms with Gasteiger partial charge in [0.05, 0.1) is 12.6 Å². The van der Waals surface area contributed by atoms with E-state index in [4.69, 9.17) is 0 Å². The van der Waals surface area contributed by atoms with E-state index in [-0.39, 0.29) is 29.9 Å². The van der Waals surface area contributed by atoms with Crippen molar-refractivity contribution in [3.63, 3.8) is 0 Å². The Hall–Kier alpha value is -1.10. The van der Waals surface area contributed by atoms with Crippen LogP contribution in [0, 0.1) is 0 Å². The van der Waals surface area contributed by atoms with E-state index in [1.54, 1.807) is 0 Å². The number of rotatable bonds is 3. The van der Waals surface area contributed by atoms with E-state index in [2.05, 4.69) is 16.0 Å². The molecule has 1 aliphatic heterocycles. The van der Waals surface area contributed by atoms with Crippen molar-refractivity contribution in [2.24, 2.45) is 0 Å². The minimum absolute atomic E-state index is 0.00378. The second kappa shape index (κ2) is 4.61. The molecule has 1 rings (SSSR count). The van der Waals surface area contributed by atoms with E-state index in [9.17, 15) is 9.59 Å². The maximum Gasteiger partial charge on any atom is 0.234 e. The molecule has 1 aliphatic rings. The quantitative estimate of drug-likeness (QED) is 0.585. The maximum atomic E-state index is 11.4. The summed E-state index contributed by atoms with van der Waals surface area (Å²) in [6.07, 6.45) is 0.390. The van der Waals surface area contributed by atoms with Crippen molar-refractivity contribution >= 4 is 11.8 Å². The molecule has 0 aromatic heterocycles. The molecule has 1 heterocycles. The van der Waals surface area contributed by atoms with Crippen LogP contribution in [0.5, 0.6) is 0 Å². The second-order valence-corrected chi connectivity index (χ2v) is 4.88. The molecule has 0 spiro atoms. The fourth-order valence-electron chi connectivity index (χ4n) is 1.33. The predicted molar refractivity (Wildman–Crippen MR) is 57.3 cm³/mol. The van der Waals surface area contributed by atoms with Crippen molar-refractivity contribution in [1.82, 2.24) is 16.0 Å². The first-order chi connectivity index (χ1) is 6.87. The lowest BCUT2D eigenvalue weighted by Crippen LogP contribution is -2.46. The van der Waals surface area contributed by atoms with Gasteiger partial charge in [-0.1, -0.05) is 0 Å². The molecule has 5 nitrogen and oxygen atoms in total. The molecular formula is C10H19N3O2. The summed E-state index contributed by atoms with van der Waals surface area (Å²) in [5.41, 5.74) is -0.0684. The zero-order valence-electron chi connectivity index (χ0n) is 9.52. The third-order valence-corrected chi connectivity index (χ3v) is 2.12. The number of carbonyl (C=O) groups excluding carboxylic acids is 2. The molecule has 0 aromatic rings. The van der Waals surface area contributed by atoms with Gasteiger partial charge in [-0.2, -0.15) is 0 Å². The van der Waals surface area contributed by atoms with E-state index in [0.29, 0.717) is 13.0 Å². The monoisotopic (exact) mass is 213 g/mol. The van der Waals surface area contributed by atoms with Crippen molar-refractivity contribution in [3.8, 4) is 0 Å². The summed E-state index contributed by atoms with van der Waals surface area (Å²) in [5, 5.41) is 8.56. The average Bonchev–Trinajstić information content (AvgIpc) is 2.47. The van der Waals surface area contributed by atoms with Crippen LogP contribution in [0.15, 0.2) is 0 Å². The molecule has 0 saturated carbocycles. The van der Waals surface area contributed by atoms with Crippen LogP contribution < -0.4 is 16.0 Å². The maximum absolute atomic E-state index is 11.4.